The van der Waals surface area contributed by atoms with Gasteiger partial charge in [-0.3, -0.25) is 14.4 Å². The Morgan fingerprint density at radius 1 is 1.29 bits per heavy atom. The summed E-state index contributed by atoms with van der Waals surface area (Å²) < 4.78 is 25.8. The number of carbonyl (C=O) groups is 3. The Morgan fingerprint density at radius 3 is 2.42 bits per heavy atom. The summed E-state index contributed by atoms with van der Waals surface area (Å²) in [6.07, 6.45) is 0. The lowest BCUT2D eigenvalue weighted by atomic mass is 10.1. The van der Waals surface area contributed by atoms with Crippen LogP contribution in [0.2, 0.25) is 0 Å². The molecule has 1 aliphatic rings. The van der Waals surface area contributed by atoms with Gasteiger partial charge in [0.15, 0.2) is 0 Å². The SMILES string of the molecule is CCN(CC(=O)O)C(=O)c1ccc2c(c1)S(=O)(=O)N(C(C)C)C2=O. The second kappa shape index (κ2) is 6.23. The lowest BCUT2D eigenvalue weighted by Gasteiger charge is -2.19. The largest absolute Gasteiger partial charge is 0.480 e. The molecule has 1 aromatic rings. The van der Waals surface area contributed by atoms with Crippen LogP contribution in [-0.2, 0) is 14.8 Å². The highest BCUT2D eigenvalue weighted by atomic mass is 32.2. The maximum Gasteiger partial charge on any atom is 0.323 e. The molecule has 1 aliphatic heterocycles. The number of nitrogens with zero attached hydrogens (tertiary/aromatic N) is 2. The number of benzene rings is 1. The van der Waals surface area contributed by atoms with E-state index in [0.29, 0.717) is 0 Å². The maximum atomic E-state index is 12.5. The van der Waals surface area contributed by atoms with E-state index in [1.54, 1.807) is 20.8 Å². The van der Waals surface area contributed by atoms with Crippen LogP contribution in [0.15, 0.2) is 23.1 Å². The van der Waals surface area contributed by atoms with Crippen molar-refractivity contribution in [1.29, 1.82) is 0 Å². The van der Waals surface area contributed by atoms with Gasteiger partial charge in [0, 0.05) is 18.2 Å². The van der Waals surface area contributed by atoms with E-state index >= 15 is 0 Å². The number of amides is 2. The first-order valence-corrected chi connectivity index (χ1v) is 8.79. The summed E-state index contributed by atoms with van der Waals surface area (Å²) in [6.45, 7) is 4.45. The van der Waals surface area contributed by atoms with Gasteiger partial charge in [0.2, 0.25) is 0 Å². The molecule has 0 saturated carbocycles. The second-order valence-corrected chi connectivity index (χ2v) is 7.41. The molecule has 0 fully saturated rings. The van der Waals surface area contributed by atoms with Crippen molar-refractivity contribution in [3.63, 3.8) is 0 Å². The number of aliphatic carboxylic acids is 1. The van der Waals surface area contributed by atoms with Crippen molar-refractivity contribution in [3.8, 4) is 0 Å². The average molecular weight is 354 g/mol. The first-order chi connectivity index (χ1) is 11.1. The minimum Gasteiger partial charge on any atom is -0.480 e. The van der Waals surface area contributed by atoms with Gasteiger partial charge in [-0.15, -0.1) is 0 Å². The number of carbonyl (C=O) groups excluding carboxylic acids is 2. The van der Waals surface area contributed by atoms with Crippen LogP contribution in [0.5, 0.6) is 0 Å². The molecule has 0 spiro atoms. The zero-order valence-electron chi connectivity index (χ0n) is 13.5. The zero-order chi connectivity index (χ0) is 18.2. The van der Waals surface area contributed by atoms with Crippen molar-refractivity contribution < 1.29 is 27.9 Å². The highest BCUT2D eigenvalue weighted by Gasteiger charge is 2.43. The quantitative estimate of drug-likeness (QED) is 0.836. The van der Waals surface area contributed by atoms with E-state index in [9.17, 15) is 22.8 Å². The molecule has 0 bridgehead atoms. The van der Waals surface area contributed by atoms with Gasteiger partial charge < -0.3 is 10.0 Å². The van der Waals surface area contributed by atoms with Gasteiger partial charge in [-0.25, -0.2) is 12.7 Å². The van der Waals surface area contributed by atoms with Gasteiger partial charge >= 0.3 is 5.97 Å². The van der Waals surface area contributed by atoms with Gasteiger partial charge in [-0.05, 0) is 39.0 Å². The van der Waals surface area contributed by atoms with E-state index in [2.05, 4.69) is 0 Å². The number of sulfonamides is 1. The number of fused-ring (bicyclic) bond motifs is 1. The Morgan fingerprint density at radius 2 is 1.92 bits per heavy atom. The summed E-state index contributed by atoms with van der Waals surface area (Å²) in [5, 5.41) is 8.84. The molecule has 24 heavy (non-hydrogen) atoms. The summed E-state index contributed by atoms with van der Waals surface area (Å²) in [4.78, 5) is 36.3. The first kappa shape index (κ1) is 17.9. The van der Waals surface area contributed by atoms with Crippen LogP contribution in [-0.4, -0.2) is 59.6 Å². The lowest BCUT2D eigenvalue weighted by molar-refractivity contribution is -0.137. The fraction of sp³-hybridized carbons (Fsp3) is 0.400. The van der Waals surface area contributed by atoms with Crippen molar-refractivity contribution in [2.75, 3.05) is 13.1 Å². The molecule has 2 rings (SSSR count). The predicted molar refractivity (Wildman–Crippen MR) is 84.1 cm³/mol. The van der Waals surface area contributed by atoms with Gasteiger partial charge in [-0.2, -0.15) is 0 Å². The molecular formula is C15H18N2O6S. The molecule has 0 unspecified atom stereocenters. The van der Waals surface area contributed by atoms with E-state index < -0.39 is 40.4 Å². The van der Waals surface area contributed by atoms with Crippen LogP contribution in [0.25, 0.3) is 0 Å². The molecule has 1 N–H and O–H groups in total. The van der Waals surface area contributed by atoms with Crippen molar-refractivity contribution in [3.05, 3.63) is 29.3 Å². The number of carboxylic acid groups (broad SMARTS) is 1. The molecule has 130 valence electrons. The first-order valence-electron chi connectivity index (χ1n) is 7.35. The Kier molecular flexibility index (Phi) is 4.66. The number of hydrogen-bond donors (Lipinski definition) is 1. The molecule has 9 heteroatoms. The third-order valence-electron chi connectivity index (χ3n) is 3.66. The highest BCUT2D eigenvalue weighted by Crippen LogP contribution is 2.32. The minimum atomic E-state index is -4.01. The van der Waals surface area contributed by atoms with Gasteiger partial charge in [0.25, 0.3) is 21.8 Å². The standard InChI is InChI=1S/C15H18N2O6S/c1-4-16(8-13(18)19)14(20)10-5-6-11-12(7-10)24(22,23)17(9(2)3)15(11)21/h5-7,9H,4,8H2,1-3H3,(H,18,19). The van der Waals surface area contributed by atoms with Crippen molar-refractivity contribution >= 4 is 27.8 Å². The monoisotopic (exact) mass is 354 g/mol. The third-order valence-corrected chi connectivity index (χ3v) is 5.66. The Labute approximate surface area is 139 Å². The topological polar surface area (TPSA) is 112 Å². The summed E-state index contributed by atoms with van der Waals surface area (Å²) in [6, 6.07) is 3.22. The van der Waals surface area contributed by atoms with Gasteiger partial charge in [-0.1, -0.05) is 0 Å². The van der Waals surface area contributed by atoms with Crippen LogP contribution in [0.3, 0.4) is 0 Å². The van der Waals surface area contributed by atoms with E-state index in [4.69, 9.17) is 5.11 Å². The van der Waals surface area contributed by atoms with E-state index in [1.165, 1.54) is 12.1 Å². The number of rotatable bonds is 5. The smallest absolute Gasteiger partial charge is 0.323 e. The van der Waals surface area contributed by atoms with E-state index in [0.717, 1.165) is 15.3 Å². The lowest BCUT2D eigenvalue weighted by Crippen LogP contribution is -2.36. The average Bonchev–Trinajstić information content (AvgIpc) is 2.70. The Balaban J connectivity index is 2.48. The van der Waals surface area contributed by atoms with Crippen molar-refractivity contribution in [1.82, 2.24) is 9.21 Å². The molecule has 0 radical (unpaired) electrons. The molecular weight excluding hydrogens is 336 g/mol. The Hall–Kier alpha value is -2.42. The number of hydrogen-bond acceptors (Lipinski definition) is 5. The molecule has 0 aliphatic carbocycles. The summed E-state index contributed by atoms with van der Waals surface area (Å²) >= 11 is 0. The molecule has 8 nitrogen and oxygen atoms in total. The van der Waals surface area contributed by atoms with Crippen molar-refractivity contribution in [2.24, 2.45) is 0 Å². The molecule has 1 heterocycles. The van der Waals surface area contributed by atoms with Crippen LogP contribution in [0.4, 0.5) is 0 Å². The zero-order valence-corrected chi connectivity index (χ0v) is 14.3. The minimum absolute atomic E-state index is 0.0153. The summed E-state index contributed by atoms with van der Waals surface area (Å²) in [5.41, 5.74) is 0.0420. The second-order valence-electron chi connectivity index (χ2n) is 5.62. The van der Waals surface area contributed by atoms with Crippen LogP contribution < -0.4 is 0 Å². The molecule has 0 saturated heterocycles. The van der Waals surface area contributed by atoms with Crippen molar-refractivity contribution in [2.45, 2.75) is 31.7 Å². The third kappa shape index (κ3) is 2.86. The highest BCUT2D eigenvalue weighted by molar-refractivity contribution is 7.90. The molecule has 1 aromatic carbocycles. The van der Waals surface area contributed by atoms with Gasteiger partial charge in [0.05, 0.1) is 5.56 Å². The molecule has 2 amide bonds. The normalized spacial score (nSPS) is 15.5. The van der Waals surface area contributed by atoms with Crippen LogP contribution >= 0.6 is 0 Å². The molecule has 0 atom stereocenters. The Bertz CT molecular complexity index is 815. The number of likely N-dealkylation sites (N-methyl/N-ethyl adjacent to an activating group) is 1. The van der Waals surface area contributed by atoms with Gasteiger partial charge in [0.1, 0.15) is 11.4 Å². The van der Waals surface area contributed by atoms with E-state index in [-0.39, 0.29) is 22.6 Å². The van der Waals surface area contributed by atoms with E-state index in [1.807, 2.05) is 0 Å². The van der Waals surface area contributed by atoms with Crippen LogP contribution in [0, 0.1) is 0 Å². The number of carboxylic acids is 1. The fourth-order valence-electron chi connectivity index (χ4n) is 2.56. The summed E-state index contributed by atoms with van der Waals surface area (Å²) in [7, 11) is -4.01. The predicted octanol–water partition coefficient (Wildman–Crippen LogP) is 0.786. The fourth-order valence-corrected chi connectivity index (χ4v) is 4.36. The molecule has 0 aromatic heterocycles. The van der Waals surface area contributed by atoms with Crippen LogP contribution in [0.1, 0.15) is 41.5 Å². The maximum absolute atomic E-state index is 12.5. The summed E-state index contributed by atoms with van der Waals surface area (Å²) in [5.74, 6) is -2.40.